The lowest BCUT2D eigenvalue weighted by Crippen LogP contribution is -2.25. The second-order valence-corrected chi connectivity index (χ2v) is 5.54. The number of rotatable bonds is 8. The summed E-state index contributed by atoms with van der Waals surface area (Å²) in [6.45, 7) is 8.57. The van der Waals surface area contributed by atoms with Crippen molar-refractivity contribution in [2.24, 2.45) is 0 Å². The molecule has 0 fully saturated rings. The maximum absolute atomic E-state index is 11.5. The topological polar surface area (TPSA) is 63.4 Å². The van der Waals surface area contributed by atoms with Gasteiger partial charge in [-0.2, -0.15) is 0 Å². The largest absolute Gasteiger partial charge is 0.303 e. The molecule has 0 aliphatic carbocycles. The number of hydrogen-bond donors (Lipinski definition) is 0. The summed E-state index contributed by atoms with van der Waals surface area (Å²) in [5, 5.41) is 10.9. The van der Waals surface area contributed by atoms with Gasteiger partial charge in [0.1, 0.15) is 0 Å². The maximum Gasteiger partial charge on any atom is 0.280 e. The molecule has 0 heterocycles. The van der Waals surface area contributed by atoms with Gasteiger partial charge in [-0.15, -0.1) is 11.8 Å². The summed E-state index contributed by atoms with van der Waals surface area (Å²) < 4.78 is 0. The van der Waals surface area contributed by atoms with Gasteiger partial charge in [0.05, 0.1) is 10.5 Å². The Morgan fingerprint density at radius 2 is 2.00 bits per heavy atom. The van der Waals surface area contributed by atoms with Crippen LogP contribution in [0.15, 0.2) is 23.1 Å². The Balaban J connectivity index is 2.75. The van der Waals surface area contributed by atoms with Gasteiger partial charge < -0.3 is 4.90 Å². The number of thioether (sulfide) groups is 1. The molecule has 20 heavy (non-hydrogen) atoms. The maximum atomic E-state index is 11.5. The van der Waals surface area contributed by atoms with Gasteiger partial charge in [-0.3, -0.25) is 14.9 Å². The van der Waals surface area contributed by atoms with Gasteiger partial charge >= 0.3 is 0 Å². The second kappa shape index (κ2) is 8.01. The van der Waals surface area contributed by atoms with Crippen molar-refractivity contribution in [1.82, 2.24) is 4.90 Å². The van der Waals surface area contributed by atoms with Gasteiger partial charge in [0.25, 0.3) is 5.69 Å². The van der Waals surface area contributed by atoms with E-state index < -0.39 is 4.92 Å². The van der Waals surface area contributed by atoms with Crippen molar-refractivity contribution < 1.29 is 9.72 Å². The molecule has 0 spiro atoms. The van der Waals surface area contributed by atoms with Gasteiger partial charge in [0.2, 0.25) is 0 Å². The first kappa shape index (κ1) is 16.7. The molecule has 0 atom stereocenters. The standard InChI is InChI=1S/C14H20N2O3S/c1-4-15(5-2)8-9-20-12-6-7-14(16(18)19)13(10-12)11(3)17/h6-7,10H,4-5,8-9H2,1-3H3. The number of Topliss-reactive ketones (excluding diaryl/α,β-unsaturated/α-hetero) is 1. The molecule has 1 aromatic carbocycles. The molecule has 0 N–H and O–H groups in total. The zero-order valence-corrected chi connectivity index (χ0v) is 12.9. The molecule has 5 nitrogen and oxygen atoms in total. The average molecular weight is 296 g/mol. The smallest absolute Gasteiger partial charge is 0.280 e. The fourth-order valence-corrected chi connectivity index (χ4v) is 2.83. The molecule has 1 rings (SSSR count). The van der Waals surface area contributed by atoms with Crippen molar-refractivity contribution in [3.63, 3.8) is 0 Å². The third-order valence-corrected chi connectivity index (χ3v) is 4.09. The van der Waals surface area contributed by atoms with Crippen molar-refractivity contribution in [1.29, 1.82) is 0 Å². The molecule has 0 bridgehead atoms. The Morgan fingerprint density at radius 3 is 2.50 bits per heavy atom. The quantitative estimate of drug-likeness (QED) is 0.319. The Morgan fingerprint density at radius 1 is 1.35 bits per heavy atom. The van der Waals surface area contributed by atoms with Crippen LogP contribution in [0.25, 0.3) is 0 Å². The highest BCUT2D eigenvalue weighted by atomic mass is 32.2. The summed E-state index contributed by atoms with van der Waals surface area (Å²) in [5.74, 6) is 0.625. The van der Waals surface area contributed by atoms with Crippen LogP contribution < -0.4 is 0 Å². The predicted octanol–water partition coefficient (Wildman–Crippen LogP) is 3.23. The second-order valence-electron chi connectivity index (χ2n) is 4.37. The number of hydrogen-bond acceptors (Lipinski definition) is 5. The summed E-state index contributed by atoms with van der Waals surface area (Å²) >= 11 is 1.61. The number of benzene rings is 1. The number of ketones is 1. The first-order valence-corrected chi connectivity index (χ1v) is 7.62. The first-order valence-electron chi connectivity index (χ1n) is 6.64. The van der Waals surface area contributed by atoms with Crippen LogP contribution in [0.1, 0.15) is 31.1 Å². The summed E-state index contributed by atoms with van der Waals surface area (Å²) in [7, 11) is 0. The van der Waals surface area contributed by atoms with E-state index in [2.05, 4.69) is 18.7 Å². The minimum Gasteiger partial charge on any atom is -0.303 e. The molecule has 0 aliphatic rings. The normalized spacial score (nSPS) is 10.8. The fourth-order valence-electron chi connectivity index (χ4n) is 1.88. The molecular formula is C14H20N2O3S. The van der Waals surface area contributed by atoms with Crippen LogP contribution in [-0.4, -0.2) is 41.0 Å². The summed E-state index contributed by atoms with van der Waals surface area (Å²) in [5.41, 5.74) is 0.0634. The van der Waals surface area contributed by atoms with Gasteiger partial charge in [-0.1, -0.05) is 13.8 Å². The molecule has 1 aromatic rings. The van der Waals surface area contributed by atoms with E-state index >= 15 is 0 Å². The van der Waals surface area contributed by atoms with Crippen LogP contribution >= 0.6 is 11.8 Å². The Kier molecular flexibility index (Phi) is 6.67. The molecule has 110 valence electrons. The molecule has 0 aliphatic heterocycles. The number of carbonyl (C=O) groups is 1. The number of nitrogens with zero attached hydrogens (tertiary/aromatic N) is 2. The van der Waals surface area contributed by atoms with Crippen LogP contribution in [-0.2, 0) is 0 Å². The van der Waals surface area contributed by atoms with Crippen LogP contribution in [0.5, 0.6) is 0 Å². The zero-order chi connectivity index (χ0) is 15.1. The highest BCUT2D eigenvalue weighted by molar-refractivity contribution is 7.99. The Bertz CT molecular complexity index is 487. The molecule has 0 unspecified atom stereocenters. The van der Waals surface area contributed by atoms with Crippen LogP contribution in [0.4, 0.5) is 5.69 Å². The molecule has 0 aromatic heterocycles. The molecule has 0 saturated carbocycles. The third kappa shape index (κ3) is 4.61. The van der Waals surface area contributed by atoms with Gasteiger partial charge in [-0.25, -0.2) is 0 Å². The monoisotopic (exact) mass is 296 g/mol. The number of nitro groups is 1. The molecule has 0 saturated heterocycles. The summed E-state index contributed by atoms with van der Waals surface area (Å²) in [6.07, 6.45) is 0. The lowest BCUT2D eigenvalue weighted by molar-refractivity contribution is -0.385. The first-order chi connectivity index (χ1) is 9.49. The predicted molar refractivity (Wildman–Crippen MR) is 81.6 cm³/mol. The minimum absolute atomic E-state index is 0.120. The lowest BCUT2D eigenvalue weighted by Gasteiger charge is -2.17. The van der Waals surface area contributed by atoms with Crippen LogP contribution in [0.3, 0.4) is 0 Å². The van der Waals surface area contributed by atoms with E-state index in [0.29, 0.717) is 0 Å². The zero-order valence-electron chi connectivity index (χ0n) is 12.1. The van der Waals surface area contributed by atoms with Gasteiger partial charge in [0.15, 0.2) is 5.78 Å². The van der Waals surface area contributed by atoms with E-state index in [1.54, 1.807) is 23.9 Å². The van der Waals surface area contributed by atoms with Crippen molar-refractivity contribution in [3.8, 4) is 0 Å². The highest BCUT2D eigenvalue weighted by Crippen LogP contribution is 2.26. The average Bonchev–Trinajstić information content (AvgIpc) is 2.43. The SMILES string of the molecule is CCN(CC)CCSc1ccc([N+](=O)[O-])c(C(C)=O)c1. The van der Waals surface area contributed by atoms with Crippen molar-refractivity contribution >= 4 is 23.2 Å². The van der Waals surface area contributed by atoms with Crippen LogP contribution in [0.2, 0.25) is 0 Å². The Labute approximate surface area is 123 Å². The van der Waals surface area contributed by atoms with Gasteiger partial charge in [-0.05, 0) is 32.1 Å². The third-order valence-electron chi connectivity index (χ3n) is 3.11. The number of nitro benzene ring substituents is 1. The molecule has 0 amide bonds. The lowest BCUT2D eigenvalue weighted by atomic mass is 10.1. The van der Waals surface area contributed by atoms with E-state index in [1.807, 2.05) is 0 Å². The van der Waals surface area contributed by atoms with Gasteiger partial charge in [0, 0.05) is 23.3 Å². The van der Waals surface area contributed by atoms with Crippen molar-refractivity contribution in [2.75, 3.05) is 25.4 Å². The molecule has 0 radical (unpaired) electrons. The van der Waals surface area contributed by atoms with E-state index in [0.717, 1.165) is 30.3 Å². The molecule has 6 heteroatoms. The minimum atomic E-state index is -0.513. The van der Waals surface area contributed by atoms with E-state index in [4.69, 9.17) is 0 Å². The number of carbonyl (C=O) groups excluding carboxylic acids is 1. The van der Waals surface area contributed by atoms with Crippen molar-refractivity contribution in [2.45, 2.75) is 25.7 Å². The summed E-state index contributed by atoms with van der Waals surface area (Å²) in [6, 6.07) is 4.74. The van der Waals surface area contributed by atoms with E-state index in [1.165, 1.54) is 13.0 Å². The van der Waals surface area contributed by atoms with E-state index in [9.17, 15) is 14.9 Å². The van der Waals surface area contributed by atoms with Crippen LogP contribution in [0, 0.1) is 10.1 Å². The van der Waals surface area contributed by atoms with Crippen molar-refractivity contribution in [3.05, 3.63) is 33.9 Å². The summed E-state index contributed by atoms with van der Waals surface area (Å²) in [4.78, 5) is 25.0. The molecular weight excluding hydrogens is 276 g/mol. The highest BCUT2D eigenvalue weighted by Gasteiger charge is 2.17. The van der Waals surface area contributed by atoms with E-state index in [-0.39, 0.29) is 17.0 Å². The fraction of sp³-hybridized carbons (Fsp3) is 0.500. The Hall–Kier alpha value is -1.40.